The molecule has 19 heavy (non-hydrogen) atoms. The van der Waals surface area contributed by atoms with Gasteiger partial charge in [-0.25, -0.2) is 0 Å². The number of nitrogens with zero attached hydrogens (tertiary/aromatic N) is 2. The molecular weight excluding hydrogens is 242 g/mol. The van der Waals surface area contributed by atoms with Gasteiger partial charge in [-0.3, -0.25) is 0 Å². The minimum Gasteiger partial charge on any atom is -0.367 e. The van der Waals surface area contributed by atoms with E-state index in [9.17, 15) is 0 Å². The molecule has 0 radical (unpaired) electrons. The smallest absolute Gasteiger partial charge is 0.246 e. The third-order valence-corrected chi connectivity index (χ3v) is 4.59. The lowest BCUT2D eigenvalue weighted by atomic mass is 9.77. The lowest BCUT2D eigenvalue weighted by Gasteiger charge is -2.35. The highest BCUT2D eigenvalue weighted by Gasteiger charge is 2.44. The third-order valence-electron chi connectivity index (χ3n) is 4.59. The summed E-state index contributed by atoms with van der Waals surface area (Å²) in [4.78, 5) is 4.59. The van der Waals surface area contributed by atoms with Crippen LogP contribution in [0, 0.1) is 0 Å². The number of aromatic nitrogens is 2. The molecule has 0 unspecified atom stereocenters. The van der Waals surface area contributed by atoms with Crippen LogP contribution in [0.25, 0.3) is 0 Å². The van der Waals surface area contributed by atoms with E-state index in [0.717, 1.165) is 44.9 Å². The van der Waals surface area contributed by atoms with Gasteiger partial charge in [0.05, 0.1) is 5.54 Å². The molecule has 0 spiro atoms. The van der Waals surface area contributed by atoms with E-state index in [1.165, 1.54) is 6.42 Å². The Morgan fingerprint density at radius 3 is 2.47 bits per heavy atom. The van der Waals surface area contributed by atoms with Gasteiger partial charge in [0, 0.05) is 6.61 Å². The van der Waals surface area contributed by atoms with Gasteiger partial charge in [-0.1, -0.05) is 24.4 Å². The van der Waals surface area contributed by atoms with Crippen LogP contribution >= 0.6 is 0 Å². The van der Waals surface area contributed by atoms with Gasteiger partial charge >= 0.3 is 0 Å². The van der Waals surface area contributed by atoms with Crippen molar-refractivity contribution < 1.29 is 9.26 Å². The molecule has 3 rings (SSSR count). The lowest BCUT2D eigenvalue weighted by molar-refractivity contribution is -0.0777. The summed E-state index contributed by atoms with van der Waals surface area (Å²) in [5, 5.41) is 4.19. The molecule has 1 heterocycles. The molecule has 2 saturated carbocycles. The van der Waals surface area contributed by atoms with Crippen LogP contribution in [0.3, 0.4) is 0 Å². The first-order valence-electron chi connectivity index (χ1n) is 7.46. The van der Waals surface area contributed by atoms with Crippen molar-refractivity contribution in [1.82, 2.24) is 10.1 Å². The van der Waals surface area contributed by atoms with Gasteiger partial charge in [0.25, 0.3) is 0 Å². The molecule has 106 valence electrons. The van der Waals surface area contributed by atoms with Crippen LogP contribution in [0.1, 0.15) is 70.0 Å². The largest absolute Gasteiger partial charge is 0.367 e. The van der Waals surface area contributed by atoms with Crippen LogP contribution in [0.5, 0.6) is 0 Å². The van der Waals surface area contributed by atoms with E-state index in [2.05, 4.69) is 10.1 Å². The molecule has 1 aromatic heterocycles. The zero-order valence-corrected chi connectivity index (χ0v) is 11.7. The number of rotatable bonds is 4. The normalized spacial score (nSPS) is 24.9. The van der Waals surface area contributed by atoms with Crippen molar-refractivity contribution in [2.75, 3.05) is 6.61 Å². The number of hydrogen-bond acceptors (Lipinski definition) is 5. The minimum absolute atomic E-state index is 0.338. The van der Waals surface area contributed by atoms with Crippen LogP contribution < -0.4 is 5.73 Å². The number of hydrogen-bond donors (Lipinski definition) is 1. The summed E-state index contributed by atoms with van der Waals surface area (Å²) in [6.07, 6.45) is 8.59. The summed E-state index contributed by atoms with van der Waals surface area (Å²) < 4.78 is 11.4. The van der Waals surface area contributed by atoms with E-state index in [0.29, 0.717) is 18.3 Å². The monoisotopic (exact) mass is 265 g/mol. The molecular formula is C14H23N3O2. The SMILES string of the molecule is CCOC1(c2noc(C3(N)CCC3)n2)CCCCC1. The maximum Gasteiger partial charge on any atom is 0.246 e. The fourth-order valence-electron chi connectivity index (χ4n) is 3.21. The minimum atomic E-state index is -0.382. The van der Waals surface area contributed by atoms with Crippen molar-refractivity contribution >= 4 is 0 Å². The second kappa shape index (κ2) is 4.87. The molecule has 2 aliphatic rings. The van der Waals surface area contributed by atoms with Gasteiger partial charge in [-0.2, -0.15) is 4.98 Å². The van der Waals surface area contributed by atoms with E-state index >= 15 is 0 Å². The summed E-state index contributed by atoms with van der Waals surface area (Å²) in [5.41, 5.74) is 5.53. The zero-order chi connectivity index (χ0) is 13.3. The molecule has 2 N–H and O–H groups in total. The van der Waals surface area contributed by atoms with Gasteiger partial charge in [0.15, 0.2) is 0 Å². The Hall–Kier alpha value is -0.940. The molecule has 5 nitrogen and oxygen atoms in total. The molecule has 0 aromatic carbocycles. The molecule has 0 bridgehead atoms. The highest BCUT2D eigenvalue weighted by Crippen LogP contribution is 2.42. The summed E-state index contributed by atoms with van der Waals surface area (Å²) in [6, 6.07) is 0. The van der Waals surface area contributed by atoms with Crippen LogP contribution in [0.2, 0.25) is 0 Å². The molecule has 1 aromatic rings. The first-order chi connectivity index (χ1) is 9.19. The second-order valence-corrected chi connectivity index (χ2v) is 5.92. The van der Waals surface area contributed by atoms with E-state index in [1.807, 2.05) is 6.92 Å². The maximum atomic E-state index is 6.25. The van der Waals surface area contributed by atoms with Gasteiger partial charge in [0.1, 0.15) is 5.60 Å². The fraction of sp³-hybridized carbons (Fsp3) is 0.857. The Labute approximate surface area is 113 Å². The Kier molecular flexibility index (Phi) is 3.35. The van der Waals surface area contributed by atoms with Crippen molar-refractivity contribution in [3.63, 3.8) is 0 Å². The van der Waals surface area contributed by atoms with Gasteiger partial charge in [-0.15, -0.1) is 0 Å². The van der Waals surface area contributed by atoms with Crippen molar-refractivity contribution in [3.05, 3.63) is 11.7 Å². The average molecular weight is 265 g/mol. The molecule has 5 heteroatoms. The number of nitrogens with two attached hydrogens (primary N) is 1. The van der Waals surface area contributed by atoms with Crippen LogP contribution in [0.15, 0.2) is 4.52 Å². The molecule has 2 aliphatic carbocycles. The summed E-state index contributed by atoms with van der Waals surface area (Å²) in [5.74, 6) is 1.30. The summed E-state index contributed by atoms with van der Waals surface area (Å²) in [7, 11) is 0. The summed E-state index contributed by atoms with van der Waals surface area (Å²) in [6.45, 7) is 2.70. The van der Waals surface area contributed by atoms with Crippen molar-refractivity contribution in [1.29, 1.82) is 0 Å². The first-order valence-corrected chi connectivity index (χ1v) is 7.46. The Bertz CT molecular complexity index is 428. The second-order valence-electron chi connectivity index (χ2n) is 5.92. The molecule has 2 fully saturated rings. The van der Waals surface area contributed by atoms with E-state index in [-0.39, 0.29) is 11.1 Å². The van der Waals surface area contributed by atoms with Crippen molar-refractivity contribution in [3.8, 4) is 0 Å². The Morgan fingerprint density at radius 2 is 1.89 bits per heavy atom. The van der Waals surface area contributed by atoms with Gasteiger partial charge in [0.2, 0.25) is 11.7 Å². The van der Waals surface area contributed by atoms with Gasteiger partial charge in [-0.05, 0) is 39.0 Å². The van der Waals surface area contributed by atoms with E-state index in [4.69, 9.17) is 15.0 Å². The lowest BCUT2D eigenvalue weighted by Crippen LogP contribution is -2.43. The molecule has 0 amide bonds. The third kappa shape index (κ3) is 2.19. The maximum absolute atomic E-state index is 6.25. The zero-order valence-electron chi connectivity index (χ0n) is 11.7. The predicted octanol–water partition coefficient (Wildman–Crippen LogP) is 2.60. The van der Waals surface area contributed by atoms with E-state index in [1.54, 1.807) is 0 Å². The molecule has 0 aliphatic heterocycles. The standard InChI is InChI=1S/C14H23N3O2/c1-2-18-14(9-4-3-5-10-14)11-16-12(19-17-11)13(15)7-6-8-13/h2-10,15H2,1H3. The van der Waals surface area contributed by atoms with E-state index < -0.39 is 0 Å². The highest BCUT2D eigenvalue weighted by molar-refractivity contribution is 5.11. The highest BCUT2D eigenvalue weighted by atomic mass is 16.5. The topological polar surface area (TPSA) is 74.2 Å². The van der Waals surface area contributed by atoms with Crippen molar-refractivity contribution in [2.45, 2.75) is 69.4 Å². The Balaban J connectivity index is 1.86. The van der Waals surface area contributed by atoms with Crippen LogP contribution in [0.4, 0.5) is 0 Å². The Morgan fingerprint density at radius 1 is 1.16 bits per heavy atom. The predicted molar refractivity (Wildman–Crippen MR) is 70.4 cm³/mol. The quantitative estimate of drug-likeness (QED) is 0.905. The molecule has 0 atom stereocenters. The van der Waals surface area contributed by atoms with Crippen LogP contribution in [-0.4, -0.2) is 16.7 Å². The summed E-state index contributed by atoms with van der Waals surface area (Å²) >= 11 is 0. The number of ether oxygens (including phenoxy) is 1. The van der Waals surface area contributed by atoms with Gasteiger partial charge < -0.3 is 15.0 Å². The first kappa shape index (κ1) is 13.1. The van der Waals surface area contributed by atoms with Crippen LogP contribution in [-0.2, 0) is 15.9 Å². The fourth-order valence-corrected chi connectivity index (χ4v) is 3.21. The average Bonchev–Trinajstić information content (AvgIpc) is 2.88. The van der Waals surface area contributed by atoms with Crippen molar-refractivity contribution in [2.24, 2.45) is 5.73 Å². The molecule has 0 saturated heterocycles.